The molecule has 0 bridgehead atoms. The first-order chi connectivity index (χ1) is 10.1. The van der Waals surface area contributed by atoms with Gasteiger partial charge in [0.05, 0.1) is 16.1 Å². The van der Waals surface area contributed by atoms with Gasteiger partial charge in [-0.2, -0.15) is 8.61 Å². The summed E-state index contributed by atoms with van der Waals surface area (Å²) in [6.07, 6.45) is 1.07. The van der Waals surface area contributed by atoms with Crippen LogP contribution >= 0.6 is 0 Å². The van der Waals surface area contributed by atoms with Crippen molar-refractivity contribution in [3.8, 4) is 0 Å². The van der Waals surface area contributed by atoms with Crippen LogP contribution in [0.2, 0.25) is 0 Å². The van der Waals surface area contributed by atoms with Gasteiger partial charge in [-0.15, -0.1) is 0 Å². The van der Waals surface area contributed by atoms with Crippen molar-refractivity contribution >= 4 is 25.7 Å². The first kappa shape index (κ1) is 16.8. The summed E-state index contributed by atoms with van der Waals surface area (Å²) < 4.78 is 50.1. The van der Waals surface area contributed by atoms with Gasteiger partial charge < -0.3 is 0 Å². The Morgan fingerprint density at radius 1 is 1.05 bits per heavy atom. The number of hydrogen-bond acceptors (Lipinski definition) is 6. The van der Waals surface area contributed by atoms with Gasteiger partial charge in [-0.1, -0.05) is 6.07 Å². The summed E-state index contributed by atoms with van der Waals surface area (Å²) in [7, 11) is -7.23. The minimum Gasteiger partial charge on any atom is -0.258 e. The van der Waals surface area contributed by atoms with Crippen molar-refractivity contribution < 1.29 is 21.8 Å². The van der Waals surface area contributed by atoms with E-state index < -0.39 is 25.0 Å². The maximum Gasteiger partial charge on any atom is 0.270 e. The van der Waals surface area contributed by atoms with Crippen molar-refractivity contribution in [2.24, 2.45) is 0 Å². The second-order valence-corrected chi connectivity index (χ2v) is 8.74. The fourth-order valence-electron chi connectivity index (χ4n) is 2.15. The first-order valence-electron chi connectivity index (χ1n) is 6.32. The lowest BCUT2D eigenvalue weighted by Crippen LogP contribution is -2.50. The van der Waals surface area contributed by atoms with Crippen LogP contribution in [0.3, 0.4) is 0 Å². The minimum atomic E-state index is -3.88. The van der Waals surface area contributed by atoms with Gasteiger partial charge in [-0.25, -0.2) is 16.8 Å². The fraction of sp³-hybridized carbons (Fsp3) is 0.455. The molecule has 1 aliphatic heterocycles. The highest BCUT2D eigenvalue weighted by atomic mass is 32.2. The Kier molecular flexibility index (Phi) is 4.52. The summed E-state index contributed by atoms with van der Waals surface area (Å²) in [5.41, 5.74) is -0.309. The lowest BCUT2D eigenvalue weighted by atomic mass is 10.3. The van der Waals surface area contributed by atoms with Crippen LogP contribution in [0.15, 0.2) is 29.2 Å². The first-order valence-corrected chi connectivity index (χ1v) is 9.61. The van der Waals surface area contributed by atoms with Crippen LogP contribution in [0.4, 0.5) is 5.69 Å². The van der Waals surface area contributed by atoms with Crippen molar-refractivity contribution in [1.82, 2.24) is 8.61 Å². The summed E-state index contributed by atoms with van der Waals surface area (Å²) in [6, 6.07) is 4.79. The number of sulfonamides is 2. The van der Waals surface area contributed by atoms with Crippen LogP contribution in [-0.2, 0) is 20.0 Å². The Bertz CT molecular complexity index is 782. The zero-order chi connectivity index (χ0) is 16.5. The van der Waals surface area contributed by atoms with Gasteiger partial charge in [-0.3, -0.25) is 10.1 Å². The Hall–Kier alpha value is -1.56. The molecule has 0 aliphatic carbocycles. The Labute approximate surface area is 128 Å². The maximum atomic E-state index is 12.5. The van der Waals surface area contributed by atoms with E-state index in [1.807, 2.05) is 0 Å². The Morgan fingerprint density at radius 2 is 1.59 bits per heavy atom. The van der Waals surface area contributed by atoms with Gasteiger partial charge >= 0.3 is 0 Å². The van der Waals surface area contributed by atoms with E-state index in [0.29, 0.717) is 0 Å². The van der Waals surface area contributed by atoms with Gasteiger partial charge in [-0.05, 0) is 6.07 Å². The molecule has 1 heterocycles. The summed E-state index contributed by atoms with van der Waals surface area (Å²) >= 11 is 0. The van der Waals surface area contributed by atoms with Gasteiger partial charge in [0.15, 0.2) is 0 Å². The van der Waals surface area contributed by atoms with Crippen molar-refractivity contribution in [3.63, 3.8) is 0 Å². The molecule has 22 heavy (non-hydrogen) atoms. The fourth-order valence-corrected chi connectivity index (χ4v) is 4.44. The number of non-ortho nitro benzene ring substituents is 1. The third-order valence-electron chi connectivity index (χ3n) is 3.33. The zero-order valence-corrected chi connectivity index (χ0v) is 13.4. The predicted octanol–water partition coefficient (Wildman–Crippen LogP) is -0.139. The molecule has 1 fully saturated rings. The van der Waals surface area contributed by atoms with E-state index >= 15 is 0 Å². The average Bonchev–Trinajstić information content (AvgIpc) is 2.46. The average molecular weight is 349 g/mol. The molecule has 1 aromatic carbocycles. The molecular weight excluding hydrogens is 334 g/mol. The van der Waals surface area contributed by atoms with Crippen LogP contribution in [0.25, 0.3) is 0 Å². The molecule has 1 saturated heterocycles. The molecule has 9 nitrogen and oxygen atoms in total. The molecular formula is C11H15N3O6S2. The van der Waals surface area contributed by atoms with Gasteiger partial charge in [0.2, 0.25) is 20.0 Å². The highest BCUT2D eigenvalue weighted by Gasteiger charge is 2.31. The molecule has 1 aromatic rings. The van der Waals surface area contributed by atoms with E-state index in [2.05, 4.69) is 0 Å². The van der Waals surface area contributed by atoms with Crippen LogP contribution in [0.5, 0.6) is 0 Å². The molecule has 0 aromatic heterocycles. The standard InChI is InChI=1S/C11H15N3O6S2/c1-21(17,18)12-5-7-13(8-6-12)22(19,20)11-4-2-3-10(9-11)14(15)16/h2-4,9H,5-8H2,1H3. The quantitative estimate of drug-likeness (QED) is 0.551. The van der Waals surface area contributed by atoms with Crippen LogP contribution in [0.1, 0.15) is 0 Å². The van der Waals surface area contributed by atoms with E-state index in [-0.39, 0.29) is 36.8 Å². The SMILES string of the molecule is CS(=O)(=O)N1CCN(S(=O)(=O)c2cccc([N+](=O)[O-])c2)CC1. The van der Waals surface area contributed by atoms with E-state index in [1.165, 1.54) is 22.5 Å². The zero-order valence-electron chi connectivity index (χ0n) is 11.7. The maximum absolute atomic E-state index is 12.5. The molecule has 0 atom stereocenters. The number of hydrogen-bond donors (Lipinski definition) is 0. The van der Waals surface area contributed by atoms with E-state index in [0.717, 1.165) is 16.6 Å². The third kappa shape index (κ3) is 3.43. The van der Waals surface area contributed by atoms with E-state index in [4.69, 9.17) is 0 Å². The van der Waals surface area contributed by atoms with Crippen molar-refractivity contribution in [2.75, 3.05) is 32.4 Å². The summed E-state index contributed by atoms with van der Waals surface area (Å²) in [5, 5.41) is 10.7. The van der Waals surface area contributed by atoms with Crippen LogP contribution in [-0.4, -0.2) is 62.8 Å². The van der Waals surface area contributed by atoms with Gasteiger partial charge in [0, 0.05) is 38.3 Å². The molecule has 0 radical (unpaired) electrons. The Balaban J connectivity index is 2.22. The number of piperazine rings is 1. The number of nitro groups is 1. The van der Waals surface area contributed by atoms with E-state index in [1.54, 1.807) is 0 Å². The normalized spacial score (nSPS) is 18.2. The van der Waals surface area contributed by atoms with Crippen molar-refractivity contribution in [1.29, 1.82) is 0 Å². The lowest BCUT2D eigenvalue weighted by molar-refractivity contribution is -0.385. The number of rotatable bonds is 4. The number of nitro benzene ring substituents is 1. The monoisotopic (exact) mass is 349 g/mol. The summed E-state index contributed by atoms with van der Waals surface area (Å²) in [6.45, 7) is 0.149. The second-order valence-electron chi connectivity index (χ2n) is 4.82. The van der Waals surface area contributed by atoms with Crippen molar-refractivity contribution in [3.05, 3.63) is 34.4 Å². The van der Waals surface area contributed by atoms with Gasteiger partial charge in [0.1, 0.15) is 0 Å². The number of benzene rings is 1. The molecule has 0 amide bonds. The van der Waals surface area contributed by atoms with Gasteiger partial charge in [0.25, 0.3) is 5.69 Å². The molecule has 122 valence electrons. The van der Waals surface area contributed by atoms with E-state index in [9.17, 15) is 26.9 Å². The molecule has 0 spiro atoms. The molecule has 11 heteroatoms. The largest absolute Gasteiger partial charge is 0.270 e. The predicted molar refractivity (Wildman–Crippen MR) is 78.3 cm³/mol. The lowest BCUT2D eigenvalue weighted by Gasteiger charge is -2.32. The van der Waals surface area contributed by atoms with Crippen molar-refractivity contribution in [2.45, 2.75) is 4.90 Å². The van der Waals surface area contributed by atoms with Crippen LogP contribution < -0.4 is 0 Å². The summed E-state index contributed by atoms with van der Waals surface area (Å²) in [4.78, 5) is 9.90. The third-order valence-corrected chi connectivity index (χ3v) is 6.53. The molecule has 0 saturated carbocycles. The molecule has 0 N–H and O–H groups in total. The highest BCUT2D eigenvalue weighted by molar-refractivity contribution is 7.89. The highest BCUT2D eigenvalue weighted by Crippen LogP contribution is 2.22. The topological polar surface area (TPSA) is 118 Å². The minimum absolute atomic E-state index is 0.0120. The Morgan fingerprint density at radius 3 is 2.09 bits per heavy atom. The van der Waals surface area contributed by atoms with Crippen LogP contribution in [0, 0.1) is 10.1 Å². The molecule has 2 rings (SSSR count). The number of nitrogens with zero attached hydrogens (tertiary/aromatic N) is 3. The second kappa shape index (κ2) is 5.91. The smallest absolute Gasteiger partial charge is 0.258 e. The molecule has 0 unspecified atom stereocenters. The molecule has 1 aliphatic rings. The summed E-state index contributed by atoms with van der Waals surface area (Å²) in [5.74, 6) is 0.